The van der Waals surface area contributed by atoms with E-state index in [9.17, 15) is 4.79 Å². The molecule has 0 saturated heterocycles. The molecule has 2 aromatic rings. The first-order valence-corrected chi connectivity index (χ1v) is 6.65. The Hall–Kier alpha value is -1.87. The first-order valence-electron chi connectivity index (χ1n) is 6.65. The Morgan fingerprint density at radius 1 is 1.16 bits per heavy atom. The third-order valence-electron chi connectivity index (χ3n) is 3.79. The Morgan fingerprint density at radius 3 is 2.79 bits per heavy atom. The maximum absolute atomic E-state index is 11.7. The molecule has 1 N–H and O–H groups in total. The summed E-state index contributed by atoms with van der Waals surface area (Å²) in [6.07, 6.45) is 2.99. The Balaban J connectivity index is 2.09. The van der Waals surface area contributed by atoms with Crippen LogP contribution in [0.4, 0.5) is 0 Å². The van der Waals surface area contributed by atoms with E-state index in [-0.39, 0.29) is 5.56 Å². The highest BCUT2D eigenvalue weighted by Gasteiger charge is 2.10. The molecule has 0 radical (unpaired) electrons. The van der Waals surface area contributed by atoms with E-state index in [1.54, 1.807) is 11.6 Å². The van der Waals surface area contributed by atoms with Crippen molar-refractivity contribution >= 4 is 0 Å². The molecule has 1 aliphatic rings. The molecular formula is C16H18N2O. The van der Waals surface area contributed by atoms with E-state index in [2.05, 4.69) is 23.5 Å². The second kappa shape index (κ2) is 4.67. The van der Waals surface area contributed by atoms with Gasteiger partial charge in [0, 0.05) is 25.4 Å². The molecule has 1 aliphatic heterocycles. The van der Waals surface area contributed by atoms with Gasteiger partial charge in [-0.2, -0.15) is 0 Å². The fraction of sp³-hybridized carbons (Fsp3) is 0.312. The molecule has 0 fully saturated rings. The lowest BCUT2D eigenvalue weighted by Gasteiger charge is -2.18. The molecule has 19 heavy (non-hydrogen) atoms. The van der Waals surface area contributed by atoms with Crippen LogP contribution in [-0.2, 0) is 20.0 Å². The zero-order chi connectivity index (χ0) is 13.4. The summed E-state index contributed by atoms with van der Waals surface area (Å²) in [4.78, 5) is 11.7. The summed E-state index contributed by atoms with van der Waals surface area (Å²) in [6, 6.07) is 8.57. The molecule has 0 spiro atoms. The number of aromatic nitrogens is 1. The monoisotopic (exact) mass is 254 g/mol. The van der Waals surface area contributed by atoms with Gasteiger partial charge in [0.05, 0.1) is 0 Å². The van der Waals surface area contributed by atoms with Crippen molar-refractivity contribution in [2.45, 2.75) is 19.9 Å². The van der Waals surface area contributed by atoms with E-state index >= 15 is 0 Å². The fourth-order valence-corrected chi connectivity index (χ4v) is 2.69. The molecule has 3 heteroatoms. The van der Waals surface area contributed by atoms with Crippen LogP contribution >= 0.6 is 0 Å². The van der Waals surface area contributed by atoms with Crippen LogP contribution in [0.5, 0.6) is 0 Å². The normalized spacial score (nSPS) is 14.2. The molecule has 0 amide bonds. The van der Waals surface area contributed by atoms with E-state index < -0.39 is 0 Å². The maximum Gasteiger partial charge on any atom is 0.253 e. The van der Waals surface area contributed by atoms with Crippen LogP contribution in [0.3, 0.4) is 0 Å². The summed E-state index contributed by atoms with van der Waals surface area (Å²) in [5.41, 5.74) is 5.98. The largest absolute Gasteiger partial charge is 0.318 e. The first-order chi connectivity index (χ1) is 9.15. The van der Waals surface area contributed by atoms with Gasteiger partial charge in [0.2, 0.25) is 0 Å². The molecule has 2 heterocycles. The topological polar surface area (TPSA) is 34.0 Å². The molecule has 1 aromatic heterocycles. The summed E-state index contributed by atoms with van der Waals surface area (Å²) in [5.74, 6) is 0. The highest BCUT2D eigenvalue weighted by atomic mass is 16.1. The van der Waals surface area contributed by atoms with Gasteiger partial charge >= 0.3 is 0 Å². The van der Waals surface area contributed by atoms with Crippen molar-refractivity contribution in [3.63, 3.8) is 0 Å². The van der Waals surface area contributed by atoms with Gasteiger partial charge < -0.3 is 9.88 Å². The minimum Gasteiger partial charge on any atom is -0.318 e. The summed E-state index contributed by atoms with van der Waals surface area (Å²) < 4.78 is 1.66. The smallest absolute Gasteiger partial charge is 0.253 e. The van der Waals surface area contributed by atoms with E-state index in [1.165, 1.54) is 16.7 Å². The van der Waals surface area contributed by atoms with Gasteiger partial charge in [-0.25, -0.2) is 0 Å². The molecule has 0 atom stereocenters. The molecule has 0 saturated carbocycles. The molecular weight excluding hydrogens is 236 g/mol. The van der Waals surface area contributed by atoms with Crippen molar-refractivity contribution < 1.29 is 0 Å². The number of aryl methyl sites for hydroxylation is 2. The average molecular weight is 254 g/mol. The van der Waals surface area contributed by atoms with Crippen LogP contribution < -0.4 is 10.9 Å². The van der Waals surface area contributed by atoms with Crippen LogP contribution in [0.1, 0.15) is 16.7 Å². The molecule has 0 unspecified atom stereocenters. The lowest BCUT2D eigenvalue weighted by atomic mass is 9.95. The van der Waals surface area contributed by atoms with Gasteiger partial charge in [0.1, 0.15) is 0 Å². The summed E-state index contributed by atoms with van der Waals surface area (Å²) in [5, 5.41) is 3.38. The number of fused-ring (bicyclic) bond motifs is 1. The Labute approximate surface area is 112 Å². The van der Waals surface area contributed by atoms with Crippen LogP contribution in [0.2, 0.25) is 0 Å². The predicted octanol–water partition coefficient (Wildman–Crippen LogP) is 2.01. The van der Waals surface area contributed by atoms with Gasteiger partial charge in [-0.3, -0.25) is 4.79 Å². The number of hydrogen-bond donors (Lipinski definition) is 1. The van der Waals surface area contributed by atoms with Crippen molar-refractivity contribution in [3.05, 3.63) is 57.5 Å². The SMILES string of the molecule is Cc1cc(-c2ccc3c(c2)CCNC3)cn(C)c1=O. The van der Waals surface area contributed by atoms with Gasteiger partial charge in [-0.1, -0.05) is 18.2 Å². The number of nitrogens with zero attached hydrogens (tertiary/aromatic N) is 1. The van der Waals surface area contributed by atoms with E-state index in [0.717, 1.165) is 30.6 Å². The quantitative estimate of drug-likeness (QED) is 0.844. The molecule has 1 aromatic carbocycles. The zero-order valence-corrected chi connectivity index (χ0v) is 11.4. The third-order valence-corrected chi connectivity index (χ3v) is 3.79. The number of hydrogen-bond acceptors (Lipinski definition) is 2. The van der Waals surface area contributed by atoms with Crippen molar-refractivity contribution in [3.8, 4) is 11.1 Å². The summed E-state index contributed by atoms with van der Waals surface area (Å²) in [6.45, 7) is 3.87. The minimum atomic E-state index is 0.0749. The minimum absolute atomic E-state index is 0.0749. The number of pyridine rings is 1. The van der Waals surface area contributed by atoms with Gasteiger partial charge in [-0.15, -0.1) is 0 Å². The second-order valence-electron chi connectivity index (χ2n) is 5.24. The molecule has 0 aliphatic carbocycles. The highest BCUT2D eigenvalue weighted by Crippen LogP contribution is 2.24. The van der Waals surface area contributed by atoms with Gasteiger partial charge in [0.25, 0.3) is 5.56 Å². The van der Waals surface area contributed by atoms with Crippen LogP contribution in [0.15, 0.2) is 35.3 Å². The lowest BCUT2D eigenvalue weighted by molar-refractivity contribution is 0.644. The highest BCUT2D eigenvalue weighted by molar-refractivity contribution is 5.65. The van der Waals surface area contributed by atoms with Crippen molar-refractivity contribution in [1.82, 2.24) is 9.88 Å². The Kier molecular flexibility index (Phi) is 2.99. The third kappa shape index (κ3) is 2.22. The maximum atomic E-state index is 11.7. The Morgan fingerprint density at radius 2 is 2.00 bits per heavy atom. The van der Waals surface area contributed by atoms with Gasteiger partial charge in [-0.05, 0) is 48.2 Å². The zero-order valence-electron chi connectivity index (χ0n) is 11.4. The van der Waals surface area contributed by atoms with Crippen LogP contribution in [0, 0.1) is 6.92 Å². The number of benzene rings is 1. The van der Waals surface area contributed by atoms with Crippen LogP contribution in [-0.4, -0.2) is 11.1 Å². The average Bonchev–Trinajstić information content (AvgIpc) is 2.43. The molecule has 3 rings (SSSR count). The number of rotatable bonds is 1. The van der Waals surface area contributed by atoms with E-state index in [1.807, 2.05) is 19.2 Å². The standard InChI is InChI=1S/C16H18N2O/c1-11-7-15(10-18(2)16(11)19)12-3-4-14-9-17-6-5-13(14)8-12/h3-4,7-8,10,17H,5-6,9H2,1-2H3. The summed E-state index contributed by atoms with van der Waals surface area (Å²) >= 11 is 0. The van der Waals surface area contributed by atoms with Gasteiger partial charge in [0.15, 0.2) is 0 Å². The molecule has 0 bridgehead atoms. The molecule has 3 nitrogen and oxygen atoms in total. The van der Waals surface area contributed by atoms with Crippen LogP contribution in [0.25, 0.3) is 11.1 Å². The van der Waals surface area contributed by atoms with E-state index in [0.29, 0.717) is 0 Å². The summed E-state index contributed by atoms with van der Waals surface area (Å²) in [7, 11) is 1.81. The Bertz CT molecular complexity index is 659. The fourth-order valence-electron chi connectivity index (χ4n) is 2.69. The first kappa shape index (κ1) is 12.2. The number of nitrogens with one attached hydrogen (secondary N) is 1. The van der Waals surface area contributed by atoms with Crippen molar-refractivity contribution in [2.75, 3.05) is 6.54 Å². The second-order valence-corrected chi connectivity index (χ2v) is 5.24. The molecule has 98 valence electrons. The van der Waals surface area contributed by atoms with Crippen molar-refractivity contribution in [2.24, 2.45) is 7.05 Å². The predicted molar refractivity (Wildman–Crippen MR) is 77.3 cm³/mol. The lowest BCUT2D eigenvalue weighted by Crippen LogP contribution is -2.23. The van der Waals surface area contributed by atoms with Crippen molar-refractivity contribution in [1.29, 1.82) is 0 Å². The van der Waals surface area contributed by atoms with E-state index in [4.69, 9.17) is 0 Å².